The second-order valence-corrected chi connectivity index (χ2v) is 2.22. The van der Waals surface area contributed by atoms with Gasteiger partial charge in [-0.2, -0.15) is 0 Å². The highest BCUT2D eigenvalue weighted by Crippen LogP contribution is 2.13. The third kappa shape index (κ3) is 0.603. The molecule has 0 aliphatic carbocycles. The van der Waals surface area contributed by atoms with Crippen LogP contribution in [0, 0.1) is 0 Å². The first-order chi connectivity index (χ1) is 4.88. The lowest BCUT2D eigenvalue weighted by atomic mass is 10.1. The van der Waals surface area contributed by atoms with Crippen LogP contribution in [-0.2, 0) is 4.79 Å². The Morgan fingerprint density at radius 3 is 3.30 bits per heavy atom. The molecule has 2 rings (SSSR count). The number of hydrogen-bond acceptors (Lipinski definition) is 2. The summed E-state index contributed by atoms with van der Waals surface area (Å²) in [4.78, 5) is 14.6. The van der Waals surface area contributed by atoms with Gasteiger partial charge in [0.1, 0.15) is 6.04 Å². The van der Waals surface area contributed by atoms with Gasteiger partial charge in [0.15, 0.2) is 0 Å². The van der Waals surface area contributed by atoms with Gasteiger partial charge in [-0.05, 0) is 23.9 Å². The van der Waals surface area contributed by atoms with E-state index in [1.54, 1.807) is 6.20 Å². The molecular weight excluding hydrogens is 128 g/mol. The summed E-state index contributed by atoms with van der Waals surface area (Å²) in [5, 5.41) is 2.90. The van der Waals surface area contributed by atoms with Crippen molar-refractivity contribution in [2.45, 2.75) is 6.04 Å². The van der Waals surface area contributed by atoms with Crippen molar-refractivity contribution < 1.29 is 4.79 Å². The van der Waals surface area contributed by atoms with Crippen LogP contribution in [-0.4, -0.2) is 18.2 Å². The Morgan fingerprint density at radius 1 is 1.60 bits per heavy atom. The molecule has 3 nitrogen and oxygen atoms in total. The lowest BCUT2D eigenvalue weighted by Crippen LogP contribution is -2.31. The number of allylic oxidation sites excluding steroid dienone is 1. The molecule has 50 valence electrons. The Hall–Kier alpha value is -1.38. The molecule has 0 saturated carbocycles. The van der Waals surface area contributed by atoms with Gasteiger partial charge in [-0.3, -0.25) is 4.79 Å². The molecule has 10 heavy (non-hydrogen) atoms. The minimum Gasteiger partial charge on any atom is -0.376 e. The molecule has 0 fully saturated rings. The Kier molecular flexibility index (Phi) is 0.974. The van der Waals surface area contributed by atoms with Crippen LogP contribution < -0.4 is 5.32 Å². The van der Waals surface area contributed by atoms with E-state index in [9.17, 15) is 4.79 Å². The number of fused-ring (bicyclic) bond motifs is 1. The summed E-state index contributed by atoms with van der Waals surface area (Å²) in [6, 6.07) is -0.204. The Morgan fingerprint density at radius 2 is 2.50 bits per heavy atom. The van der Waals surface area contributed by atoms with Gasteiger partial charge < -0.3 is 5.32 Å². The summed E-state index contributed by atoms with van der Waals surface area (Å²) in [6.45, 7) is 0. The molecule has 2 aliphatic rings. The van der Waals surface area contributed by atoms with Crippen LogP contribution in [0.1, 0.15) is 0 Å². The quantitative estimate of drug-likeness (QED) is 0.507. The van der Waals surface area contributed by atoms with Crippen LogP contribution in [0.2, 0.25) is 0 Å². The number of nitrogens with zero attached hydrogens (tertiary/aromatic N) is 1. The van der Waals surface area contributed by atoms with Gasteiger partial charge in [-0.25, -0.2) is 4.99 Å². The SMILES string of the molecule is O=C1N=CC=C2C=CNC12. The largest absolute Gasteiger partial charge is 0.376 e. The van der Waals surface area contributed by atoms with E-state index in [0.717, 1.165) is 5.57 Å². The minimum absolute atomic E-state index is 0.109. The van der Waals surface area contributed by atoms with E-state index in [1.165, 1.54) is 6.21 Å². The first-order valence-corrected chi connectivity index (χ1v) is 3.08. The van der Waals surface area contributed by atoms with Crippen molar-refractivity contribution in [2.75, 3.05) is 0 Å². The first-order valence-electron chi connectivity index (χ1n) is 3.08. The van der Waals surface area contributed by atoms with Gasteiger partial charge in [-0.15, -0.1) is 0 Å². The third-order valence-electron chi connectivity index (χ3n) is 1.59. The van der Waals surface area contributed by atoms with Gasteiger partial charge >= 0.3 is 0 Å². The Bertz CT molecular complexity index is 263. The number of carbonyl (C=O) groups excluding carboxylic acids is 1. The number of rotatable bonds is 0. The van der Waals surface area contributed by atoms with E-state index in [-0.39, 0.29) is 11.9 Å². The van der Waals surface area contributed by atoms with Crippen LogP contribution in [0.5, 0.6) is 0 Å². The molecule has 1 unspecified atom stereocenters. The standard InChI is InChI=1S/C7H6N2O/c10-7-6-5(1-3-8-6)2-4-9-7/h1-4,6,8H. The average Bonchev–Trinajstić information content (AvgIpc) is 2.36. The molecular formula is C7H6N2O. The molecule has 0 spiro atoms. The summed E-state index contributed by atoms with van der Waals surface area (Å²) in [5.74, 6) is -0.109. The van der Waals surface area contributed by atoms with Crippen molar-refractivity contribution in [3.8, 4) is 0 Å². The molecule has 2 aliphatic heterocycles. The van der Waals surface area contributed by atoms with E-state index in [4.69, 9.17) is 0 Å². The lowest BCUT2D eigenvalue weighted by molar-refractivity contribution is -0.118. The number of carbonyl (C=O) groups is 1. The van der Waals surface area contributed by atoms with Crippen LogP contribution in [0.15, 0.2) is 28.9 Å². The van der Waals surface area contributed by atoms with Crippen molar-refractivity contribution in [2.24, 2.45) is 4.99 Å². The van der Waals surface area contributed by atoms with Crippen molar-refractivity contribution in [1.82, 2.24) is 5.32 Å². The molecule has 3 heteroatoms. The minimum atomic E-state index is -0.204. The van der Waals surface area contributed by atoms with Gasteiger partial charge in [0.25, 0.3) is 5.91 Å². The number of nitrogens with one attached hydrogen (secondary N) is 1. The number of hydrogen-bond donors (Lipinski definition) is 1. The third-order valence-corrected chi connectivity index (χ3v) is 1.59. The fourth-order valence-corrected chi connectivity index (χ4v) is 1.07. The highest BCUT2D eigenvalue weighted by molar-refractivity contribution is 5.99. The molecule has 0 saturated heterocycles. The van der Waals surface area contributed by atoms with Crippen LogP contribution >= 0.6 is 0 Å². The Labute approximate surface area is 58.1 Å². The monoisotopic (exact) mass is 134 g/mol. The van der Waals surface area contributed by atoms with Gasteiger partial charge in [0.2, 0.25) is 0 Å². The van der Waals surface area contributed by atoms with Crippen molar-refractivity contribution >= 4 is 12.1 Å². The molecule has 0 aromatic rings. The zero-order valence-corrected chi connectivity index (χ0v) is 5.24. The summed E-state index contributed by atoms with van der Waals surface area (Å²) in [6.07, 6.45) is 7.02. The normalized spacial score (nSPS) is 27.8. The second-order valence-electron chi connectivity index (χ2n) is 2.22. The first kappa shape index (κ1) is 5.41. The smallest absolute Gasteiger partial charge is 0.272 e. The maximum atomic E-state index is 10.9. The number of dihydropyridines is 1. The molecule has 2 heterocycles. The summed E-state index contributed by atoms with van der Waals surface area (Å²) in [5.41, 5.74) is 1.00. The number of amides is 1. The maximum absolute atomic E-state index is 10.9. The molecule has 0 bridgehead atoms. The Balaban J connectivity index is 2.40. The fraction of sp³-hybridized carbons (Fsp3) is 0.143. The van der Waals surface area contributed by atoms with Crippen molar-refractivity contribution in [3.05, 3.63) is 23.9 Å². The highest BCUT2D eigenvalue weighted by Gasteiger charge is 2.24. The molecule has 0 aromatic carbocycles. The molecule has 1 N–H and O–H groups in total. The predicted octanol–water partition coefficient (Wildman–Crippen LogP) is 0.00930. The zero-order valence-electron chi connectivity index (χ0n) is 5.24. The summed E-state index contributed by atoms with van der Waals surface area (Å²) in [7, 11) is 0. The second kappa shape index (κ2) is 1.80. The van der Waals surface area contributed by atoms with E-state index in [0.29, 0.717) is 0 Å². The van der Waals surface area contributed by atoms with Gasteiger partial charge in [-0.1, -0.05) is 0 Å². The van der Waals surface area contributed by atoms with Crippen LogP contribution in [0.4, 0.5) is 0 Å². The van der Waals surface area contributed by atoms with Crippen molar-refractivity contribution in [3.63, 3.8) is 0 Å². The van der Waals surface area contributed by atoms with E-state index >= 15 is 0 Å². The molecule has 0 aromatic heterocycles. The highest BCUT2D eigenvalue weighted by atomic mass is 16.1. The van der Waals surface area contributed by atoms with E-state index < -0.39 is 0 Å². The predicted molar refractivity (Wildman–Crippen MR) is 37.6 cm³/mol. The lowest BCUT2D eigenvalue weighted by Gasteiger charge is -2.10. The zero-order chi connectivity index (χ0) is 6.97. The maximum Gasteiger partial charge on any atom is 0.272 e. The van der Waals surface area contributed by atoms with Crippen molar-refractivity contribution in [1.29, 1.82) is 0 Å². The molecule has 1 amide bonds. The van der Waals surface area contributed by atoms with E-state index in [1.807, 2.05) is 12.2 Å². The van der Waals surface area contributed by atoms with E-state index in [2.05, 4.69) is 10.3 Å². The molecule has 1 atom stereocenters. The van der Waals surface area contributed by atoms with Gasteiger partial charge in [0.05, 0.1) is 0 Å². The fourth-order valence-electron chi connectivity index (χ4n) is 1.07. The van der Waals surface area contributed by atoms with Crippen LogP contribution in [0.25, 0.3) is 0 Å². The average molecular weight is 134 g/mol. The summed E-state index contributed by atoms with van der Waals surface area (Å²) < 4.78 is 0. The molecule has 0 radical (unpaired) electrons. The summed E-state index contributed by atoms with van der Waals surface area (Å²) >= 11 is 0. The van der Waals surface area contributed by atoms with Gasteiger partial charge in [0, 0.05) is 6.21 Å². The topological polar surface area (TPSA) is 41.5 Å². The van der Waals surface area contributed by atoms with Crippen LogP contribution in [0.3, 0.4) is 0 Å². The number of aliphatic imine (C=N–C) groups is 1.